The molecule has 3 rings (SSSR count). The van der Waals surface area contributed by atoms with Crippen molar-refractivity contribution in [2.45, 2.75) is 44.9 Å². The average molecular weight is 421 g/mol. The molecular formula is C21H25ClN2O3S. The molecule has 1 amide bonds. The van der Waals surface area contributed by atoms with Gasteiger partial charge in [-0.05, 0) is 68.5 Å². The summed E-state index contributed by atoms with van der Waals surface area (Å²) in [6.07, 6.45) is 2.78. The van der Waals surface area contributed by atoms with Gasteiger partial charge in [-0.15, -0.1) is 0 Å². The first kappa shape index (κ1) is 20.8. The molecule has 1 aliphatic heterocycles. The summed E-state index contributed by atoms with van der Waals surface area (Å²) >= 11 is 6.28. The quantitative estimate of drug-likeness (QED) is 0.780. The number of nitrogens with one attached hydrogen (secondary N) is 1. The Morgan fingerprint density at radius 2 is 1.68 bits per heavy atom. The van der Waals surface area contributed by atoms with Gasteiger partial charge in [0, 0.05) is 18.7 Å². The normalized spacial score (nSPS) is 15.4. The number of hydrogen-bond donors (Lipinski definition) is 1. The fourth-order valence-electron chi connectivity index (χ4n) is 3.52. The molecule has 1 N–H and O–H groups in total. The van der Waals surface area contributed by atoms with Crippen molar-refractivity contribution in [2.24, 2.45) is 0 Å². The Bertz CT molecular complexity index is 989. The van der Waals surface area contributed by atoms with E-state index in [1.165, 1.54) is 10.4 Å². The van der Waals surface area contributed by atoms with Crippen LogP contribution in [0.4, 0.5) is 5.69 Å². The fourth-order valence-corrected chi connectivity index (χ4v) is 5.66. The van der Waals surface area contributed by atoms with Crippen molar-refractivity contribution in [1.82, 2.24) is 4.31 Å². The zero-order valence-electron chi connectivity index (χ0n) is 16.4. The van der Waals surface area contributed by atoms with Crippen molar-refractivity contribution < 1.29 is 13.2 Å². The lowest BCUT2D eigenvalue weighted by molar-refractivity contribution is 0.102. The second-order valence-electron chi connectivity index (χ2n) is 7.34. The Balaban J connectivity index is 1.92. The van der Waals surface area contributed by atoms with E-state index < -0.39 is 10.0 Å². The summed E-state index contributed by atoms with van der Waals surface area (Å²) in [5, 5.41) is 3.28. The van der Waals surface area contributed by atoms with Gasteiger partial charge in [-0.2, -0.15) is 4.31 Å². The standard InChI is InChI=1S/C21H25ClN2O3S/c1-14-11-16(3)20(18(22)12-14)23-21(25)17-8-7-15(2)19(13-17)28(26,27)24-9-5-4-6-10-24/h7-8,11-13H,4-6,9-10H2,1-3H3,(H,23,25). The highest BCUT2D eigenvalue weighted by molar-refractivity contribution is 7.89. The average Bonchev–Trinajstić information content (AvgIpc) is 2.65. The summed E-state index contributed by atoms with van der Waals surface area (Å²) in [4.78, 5) is 13.0. The molecule has 1 aliphatic rings. The number of amides is 1. The van der Waals surface area contributed by atoms with Gasteiger partial charge in [0.2, 0.25) is 10.0 Å². The molecule has 1 saturated heterocycles. The van der Waals surface area contributed by atoms with Crippen molar-refractivity contribution >= 4 is 33.2 Å². The third-order valence-electron chi connectivity index (χ3n) is 5.05. The van der Waals surface area contributed by atoms with Crippen LogP contribution in [0.1, 0.15) is 46.3 Å². The van der Waals surface area contributed by atoms with Crippen molar-refractivity contribution in [3.8, 4) is 0 Å². The number of anilines is 1. The SMILES string of the molecule is Cc1cc(C)c(NC(=O)c2ccc(C)c(S(=O)(=O)N3CCCCC3)c2)c(Cl)c1. The summed E-state index contributed by atoms with van der Waals surface area (Å²) in [7, 11) is -3.62. The second-order valence-corrected chi connectivity index (χ2v) is 9.65. The predicted molar refractivity (Wildman–Crippen MR) is 113 cm³/mol. The Morgan fingerprint density at radius 1 is 1.00 bits per heavy atom. The monoisotopic (exact) mass is 420 g/mol. The Labute approximate surface area is 171 Å². The van der Waals surface area contributed by atoms with Crippen LogP contribution in [0.15, 0.2) is 35.2 Å². The molecule has 0 aromatic heterocycles. The molecule has 0 bridgehead atoms. The molecule has 150 valence electrons. The Kier molecular flexibility index (Phi) is 6.12. The molecule has 2 aromatic rings. The van der Waals surface area contributed by atoms with E-state index in [9.17, 15) is 13.2 Å². The molecule has 0 spiro atoms. The van der Waals surface area contributed by atoms with E-state index in [4.69, 9.17) is 11.6 Å². The molecule has 7 heteroatoms. The van der Waals surface area contributed by atoms with Gasteiger partial charge in [-0.25, -0.2) is 8.42 Å². The van der Waals surface area contributed by atoms with Crippen LogP contribution < -0.4 is 5.32 Å². The topological polar surface area (TPSA) is 66.5 Å². The molecule has 0 atom stereocenters. The van der Waals surface area contributed by atoms with Crippen LogP contribution in [0, 0.1) is 20.8 Å². The summed E-state index contributed by atoms with van der Waals surface area (Å²) in [5.41, 5.74) is 3.32. The molecule has 5 nitrogen and oxygen atoms in total. The van der Waals surface area contributed by atoms with E-state index in [2.05, 4.69) is 5.32 Å². The molecular weight excluding hydrogens is 396 g/mol. The van der Waals surface area contributed by atoms with Crippen LogP contribution in [-0.4, -0.2) is 31.7 Å². The first-order valence-corrected chi connectivity index (χ1v) is 11.2. The van der Waals surface area contributed by atoms with Crippen LogP contribution in [0.3, 0.4) is 0 Å². The first-order chi connectivity index (χ1) is 13.2. The Morgan fingerprint density at radius 3 is 2.32 bits per heavy atom. The smallest absolute Gasteiger partial charge is 0.255 e. The number of carbonyl (C=O) groups excluding carboxylic acids is 1. The number of aryl methyl sites for hydroxylation is 3. The van der Waals surface area contributed by atoms with Crippen LogP contribution in [0.5, 0.6) is 0 Å². The molecule has 1 fully saturated rings. The van der Waals surface area contributed by atoms with Gasteiger partial charge in [-0.3, -0.25) is 4.79 Å². The maximum absolute atomic E-state index is 13.1. The van der Waals surface area contributed by atoms with E-state index in [1.54, 1.807) is 25.1 Å². The van der Waals surface area contributed by atoms with Gasteiger partial charge >= 0.3 is 0 Å². The number of sulfonamides is 1. The lowest BCUT2D eigenvalue weighted by atomic mass is 10.1. The van der Waals surface area contributed by atoms with Crippen molar-refractivity contribution in [1.29, 1.82) is 0 Å². The summed E-state index contributed by atoms with van der Waals surface area (Å²) in [5.74, 6) is -0.385. The number of benzene rings is 2. The van der Waals surface area contributed by atoms with E-state index >= 15 is 0 Å². The summed E-state index contributed by atoms with van der Waals surface area (Å²) < 4.78 is 27.6. The molecule has 0 aliphatic carbocycles. The second kappa shape index (κ2) is 8.23. The number of rotatable bonds is 4. The number of hydrogen-bond acceptors (Lipinski definition) is 3. The van der Waals surface area contributed by atoms with Crippen LogP contribution in [0.25, 0.3) is 0 Å². The highest BCUT2D eigenvalue weighted by atomic mass is 35.5. The van der Waals surface area contributed by atoms with E-state index in [0.29, 0.717) is 29.4 Å². The molecule has 0 saturated carbocycles. The van der Waals surface area contributed by atoms with E-state index in [0.717, 1.165) is 30.4 Å². The van der Waals surface area contributed by atoms with Crippen LogP contribution in [-0.2, 0) is 10.0 Å². The predicted octanol–water partition coefficient (Wildman–Crippen LogP) is 4.69. The highest BCUT2D eigenvalue weighted by Crippen LogP contribution is 2.29. The number of nitrogens with zero attached hydrogens (tertiary/aromatic N) is 1. The molecule has 28 heavy (non-hydrogen) atoms. The van der Waals surface area contributed by atoms with E-state index in [-0.39, 0.29) is 16.4 Å². The third-order valence-corrected chi connectivity index (χ3v) is 7.39. The van der Waals surface area contributed by atoms with Gasteiger partial charge in [0.25, 0.3) is 5.91 Å². The maximum atomic E-state index is 13.1. The largest absolute Gasteiger partial charge is 0.320 e. The number of halogens is 1. The summed E-state index contributed by atoms with van der Waals surface area (Å²) in [6.45, 7) is 6.60. The van der Waals surface area contributed by atoms with Gasteiger partial charge in [0.15, 0.2) is 0 Å². The van der Waals surface area contributed by atoms with Gasteiger partial charge < -0.3 is 5.32 Å². The molecule has 1 heterocycles. The third kappa shape index (κ3) is 4.24. The van der Waals surface area contributed by atoms with Crippen molar-refractivity contribution in [3.63, 3.8) is 0 Å². The molecule has 0 radical (unpaired) electrons. The minimum atomic E-state index is -3.62. The number of piperidine rings is 1. The van der Waals surface area contributed by atoms with E-state index in [1.807, 2.05) is 19.9 Å². The molecule has 2 aromatic carbocycles. The highest BCUT2D eigenvalue weighted by Gasteiger charge is 2.28. The van der Waals surface area contributed by atoms with Crippen LogP contribution >= 0.6 is 11.6 Å². The van der Waals surface area contributed by atoms with Gasteiger partial charge in [0.1, 0.15) is 0 Å². The number of carbonyl (C=O) groups is 1. The zero-order chi connectivity index (χ0) is 20.5. The zero-order valence-corrected chi connectivity index (χ0v) is 18.0. The maximum Gasteiger partial charge on any atom is 0.255 e. The Hall–Kier alpha value is -1.89. The van der Waals surface area contributed by atoms with Crippen molar-refractivity contribution in [2.75, 3.05) is 18.4 Å². The van der Waals surface area contributed by atoms with Gasteiger partial charge in [-0.1, -0.05) is 30.2 Å². The summed E-state index contributed by atoms with van der Waals surface area (Å²) in [6, 6.07) is 8.49. The lowest BCUT2D eigenvalue weighted by Gasteiger charge is -2.26. The first-order valence-electron chi connectivity index (χ1n) is 9.39. The lowest BCUT2D eigenvalue weighted by Crippen LogP contribution is -2.36. The fraction of sp³-hybridized carbons (Fsp3) is 0.381. The van der Waals surface area contributed by atoms with Gasteiger partial charge in [0.05, 0.1) is 15.6 Å². The minimum Gasteiger partial charge on any atom is -0.320 e. The minimum absolute atomic E-state index is 0.189. The van der Waals surface area contributed by atoms with Crippen LogP contribution in [0.2, 0.25) is 5.02 Å². The van der Waals surface area contributed by atoms with Crippen molar-refractivity contribution in [3.05, 3.63) is 57.6 Å². The molecule has 0 unspecified atom stereocenters.